The van der Waals surface area contributed by atoms with Gasteiger partial charge in [-0.1, -0.05) is 34.1 Å². The summed E-state index contributed by atoms with van der Waals surface area (Å²) in [5.74, 6) is -0.203. The molecule has 0 saturated carbocycles. The Morgan fingerprint density at radius 2 is 2.12 bits per heavy atom. The molecule has 25 heavy (non-hydrogen) atoms. The first-order valence-corrected chi connectivity index (χ1v) is 9.35. The molecule has 5 nitrogen and oxygen atoms in total. The highest BCUT2D eigenvalue weighted by molar-refractivity contribution is 9.10. The fraction of sp³-hybridized carbons (Fsp3) is 0.474. The molecule has 1 aliphatic heterocycles. The number of nitriles is 1. The maximum atomic E-state index is 12.5. The van der Waals surface area contributed by atoms with E-state index < -0.39 is 0 Å². The van der Waals surface area contributed by atoms with E-state index in [9.17, 15) is 10.1 Å². The molecule has 1 amide bonds. The first-order chi connectivity index (χ1) is 12.0. The second-order valence-corrected chi connectivity index (χ2v) is 7.27. The van der Waals surface area contributed by atoms with Crippen LogP contribution in [0.15, 0.2) is 40.5 Å². The van der Waals surface area contributed by atoms with Gasteiger partial charge in [0.15, 0.2) is 0 Å². The van der Waals surface area contributed by atoms with Crippen LogP contribution < -0.4 is 5.32 Å². The first-order valence-electron chi connectivity index (χ1n) is 8.55. The number of rotatable bonds is 6. The van der Waals surface area contributed by atoms with Gasteiger partial charge in [0, 0.05) is 30.3 Å². The molecule has 1 fully saturated rings. The molecular weight excluding hydrogens is 380 g/mol. The predicted molar refractivity (Wildman–Crippen MR) is 103 cm³/mol. The molecule has 6 heteroatoms. The molecule has 1 heterocycles. The molecule has 0 bridgehead atoms. The van der Waals surface area contributed by atoms with Crippen molar-refractivity contribution in [3.8, 4) is 6.07 Å². The Balaban J connectivity index is 1.87. The summed E-state index contributed by atoms with van der Waals surface area (Å²) >= 11 is 3.52. The third-order valence-corrected chi connectivity index (χ3v) is 5.42. The zero-order valence-corrected chi connectivity index (χ0v) is 16.4. The lowest BCUT2D eigenvalue weighted by Gasteiger charge is -2.34. The highest BCUT2D eigenvalue weighted by atomic mass is 79.9. The lowest BCUT2D eigenvalue weighted by Crippen LogP contribution is -2.45. The van der Waals surface area contributed by atoms with E-state index in [1.54, 1.807) is 18.1 Å². The largest absolute Gasteiger partial charge is 0.389 e. The summed E-state index contributed by atoms with van der Waals surface area (Å²) in [6.07, 6.45) is 4.26. The van der Waals surface area contributed by atoms with Crippen LogP contribution >= 0.6 is 15.9 Å². The number of amides is 1. The number of piperidine rings is 1. The van der Waals surface area contributed by atoms with Gasteiger partial charge in [-0.2, -0.15) is 5.26 Å². The average molecular weight is 405 g/mol. The number of hydrogen-bond acceptors (Lipinski definition) is 4. The molecule has 0 aliphatic carbocycles. The Hall–Kier alpha value is -1.84. The summed E-state index contributed by atoms with van der Waals surface area (Å²) in [7, 11) is 3.89. The van der Waals surface area contributed by atoms with Gasteiger partial charge in [0.25, 0.3) is 5.91 Å². The van der Waals surface area contributed by atoms with Crippen LogP contribution in [0.5, 0.6) is 0 Å². The van der Waals surface area contributed by atoms with Gasteiger partial charge in [-0.05, 0) is 51.0 Å². The van der Waals surface area contributed by atoms with Crippen molar-refractivity contribution in [1.29, 1.82) is 5.26 Å². The molecule has 0 aromatic heterocycles. The maximum Gasteiger partial charge on any atom is 0.265 e. The second kappa shape index (κ2) is 9.59. The van der Waals surface area contributed by atoms with E-state index in [4.69, 9.17) is 0 Å². The molecule has 0 atom stereocenters. The Bertz CT molecular complexity index is 660. The van der Waals surface area contributed by atoms with E-state index in [1.807, 2.05) is 24.3 Å². The van der Waals surface area contributed by atoms with Gasteiger partial charge in [-0.25, -0.2) is 0 Å². The van der Waals surface area contributed by atoms with Crippen molar-refractivity contribution < 1.29 is 4.79 Å². The molecule has 0 unspecified atom stereocenters. The molecule has 0 radical (unpaired) electrons. The number of likely N-dealkylation sites (N-methyl/N-ethyl adjacent to an activating group) is 1. The van der Waals surface area contributed by atoms with Gasteiger partial charge in [-0.15, -0.1) is 0 Å². The normalized spacial score (nSPS) is 16.3. The fourth-order valence-electron chi connectivity index (χ4n) is 2.96. The molecule has 134 valence electrons. The first kappa shape index (κ1) is 19.5. The molecule has 0 spiro atoms. The molecule has 1 aromatic carbocycles. The summed E-state index contributed by atoms with van der Waals surface area (Å²) in [5, 5.41) is 12.4. The van der Waals surface area contributed by atoms with Crippen LogP contribution in [0.4, 0.5) is 0 Å². The monoisotopic (exact) mass is 404 g/mol. The van der Waals surface area contributed by atoms with Crippen molar-refractivity contribution in [2.45, 2.75) is 25.3 Å². The van der Waals surface area contributed by atoms with Crippen LogP contribution in [-0.4, -0.2) is 55.5 Å². The third kappa shape index (κ3) is 5.58. The fourth-order valence-corrected chi connectivity index (χ4v) is 3.45. The zero-order chi connectivity index (χ0) is 18.2. The molecule has 1 saturated heterocycles. The van der Waals surface area contributed by atoms with Gasteiger partial charge in [0.2, 0.25) is 0 Å². The second-order valence-electron chi connectivity index (χ2n) is 6.42. The third-order valence-electron chi connectivity index (χ3n) is 4.65. The topological polar surface area (TPSA) is 59.4 Å². The number of hydrogen-bond donors (Lipinski definition) is 1. The van der Waals surface area contributed by atoms with E-state index in [1.165, 1.54) is 5.56 Å². The summed E-state index contributed by atoms with van der Waals surface area (Å²) in [5.41, 5.74) is 1.35. The molecule has 2 rings (SSSR count). The van der Waals surface area contributed by atoms with Gasteiger partial charge < -0.3 is 15.1 Å². The quantitative estimate of drug-likeness (QED) is 0.449. The number of carbonyl (C=O) groups excluding carboxylic acids is 1. The lowest BCUT2D eigenvalue weighted by atomic mass is 10.0. The van der Waals surface area contributed by atoms with Gasteiger partial charge in [0.05, 0.1) is 0 Å². The number of halogens is 1. The number of nitrogens with one attached hydrogen (secondary N) is 1. The number of nitrogens with zero attached hydrogens (tertiary/aromatic N) is 3. The van der Waals surface area contributed by atoms with Gasteiger partial charge in [0.1, 0.15) is 11.6 Å². The molecule has 1 N–H and O–H groups in total. The Morgan fingerprint density at radius 3 is 2.76 bits per heavy atom. The average Bonchev–Trinajstić information content (AvgIpc) is 2.63. The number of benzene rings is 1. The van der Waals surface area contributed by atoms with Crippen LogP contribution in [0, 0.1) is 11.3 Å². The Morgan fingerprint density at radius 1 is 1.44 bits per heavy atom. The molecular formula is C19H25BrN4O. The molecule has 1 aliphatic rings. The smallest absolute Gasteiger partial charge is 0.265 e. The lowest BCUT2D eigenvalue weighted by molar-refractivity contribution is -0.128. The van der Waals surface area contributed by atoms with E-state index in [0.717, 1.165) is 36.8 Å². The van der Waals surface area contributed by atoms with Crippen molar-refractivity contribution >= 4 is 21.8 Å². The number of likely N-dealkylation sites (tertiary alicyclic amines) is 1. The van der Waals surface area contributed by atoms with Crippen molar-refractivity contribution in [3.05, 3.63) is 46.1 Å². The summed E-state index contributed by atoms with van der Waals surface area (Å²) < 4.78 is 1.07. The van der Waals surface area contributed by atoms with Gasteiger partial charge >= 0.3 is 0 Å². The highest BCUT2D eigenvalue weighted by Crippen LogP contribution is 2.17. The van der Waals surface area contributed by atoms with Crippen molar-refractivity contribution in [2.75, 3.05) is 33.7 Å². The standard InChI is InChI=1S/C19H25BrN4O/c1-23-11-8-17(9-12-23)24(2)19(25)16(13-21)14-22-10-7-15-5-3-4-6-18(15)20/h3-6,14,17,22H,7-12H2,1-2H3/b16-14-. The number of carbonyl (C=O) groups is 1. The van der Waals surface area contributed by atoms with E-state index in [-0.39, 0.29) is 17.5 Å². The van der Waals surface area contributed by atoms with Crippen molar-refractivity contribution in [3.63, 3.8) is 0 Å². The van der Waals surface area contributed by atoms with Crippen LogP contribution in [0.3, 0.4) is 0 Å². The van der Waals surface area contributed by atoms with Crippen molar-refractivity contribution in [1.82, 2.24) is 15.1 Å². The molecule has 1 aromatic rings. The van der Waals surface area contributed by atoms with Crippen molar-refractivity contribution in [2.24, 2.45) is 0 Å². The SMILES string of the molecule is CN1CCC(N(C)C(=O)/C(C#N)=C\NCCc2ccccc2Br)CC1. The van der Waals surface area contributed by atoms with Crippen LogP contribution in [-0.2, 0) is 11.2 Å². The zero-order valence-electron chi connectivity index (χ0n) is 14.8. The van der Waals surface area contributed by atoms with Crippen LogP contribution in [0.25, 0.3) is 0 Å². The summed E-state index contributed by atoms with van der Waals surface area (Å²) in [6.45, 7) is 2.63. The van der Waals surface area contributed by atoms with Crippen LogP contribution in [0.2, 0.25) is 0 Å². The van der Waals surface area contributed by atoms with Gasteiger partial charge in [-0.3, -0.25) is 4.79 Å². The minimum Gasteiger partial charge on any atom is -0.389 e. The minimum absolute atomic E-state index is 0.161. The minimum atomic E-state index is -0.203. The Labute approximate surface area is 158 Å². The summed E-state index contributed by atoms with van der Waals surface area (Å²) in [6, 6.07) is 10.3. The van der Waals surface area contributed by atoms with E-state index in [0.29, 0.717) is 6.54 Å². The predicted octanol–water partition coefficient (Wildman–Crippen LogP) is 2.54. The van der Waals surface area contributed by atoms with E-state index in [2.05, 4.69) is 39.3 Å². The van der Waals surface area contributed by atoms with Crippen LogP contribution in [0.1, 0.15) is 18.4 Å². The maximum absolute atomic E-state index is 12.5. The summed E-state index contributed by atoms with van der Waals surface area (Å²) in [4.78, 5) is 16.5. The van der Waals surface area contributed by atoms with E-state index >= 15 is 0 Å². The highest BCUT2D eigenvalue weighted by Gasteiger charge is 2.25. The Kier molecular flexibility index (Phi) is 7.48.